The van der Waals surface area contributed by atoms with Crippen LogP contribution in [0.2, 0.25) is 0 Å². The van der Waals surface area contributed by atoms with Crippen LogP contribution in [0.1, 0.15) is 22.5 Å². The van der Waals surface area contributed by atoms with Gasteiger partial charge in [-0.05, 0) is 22.6 Å². The fourth-order valence-electron chi connectivity index (χ4n) is 1.01. The second kappa shape index (κ2) is 4.63. The molecule has 0 aliphatic rings. The number of alkyl halides is 2. The minimum absolute atomic E-state index is 0.0118. The average Bonchev–Trinajstić information content (AvgIpc) is 2.17. The van der Waals surface area contributed by atoms with E-state index in [-0.39, 0.29) is 11.4 Å². The summed E-state index contributed by atoms with van der Waals surface area (Å²) < 4.78 is 30.4. The Balaban J connectivity index is 3.43. The molecule has 1 aromatic heterocycles. The normalized spacial score (nSPS) is 10.4. The van der Waals surface area contributed by atoms with Crippen molar-refractivity contribution < 1.29 is 18.3 Å². The highest BCUT2D eigenvalue weighted by Gasteiger charge is 2.21. The van der Waals surface area contributed by atoms with Gasteiger partial charge in [-0.2, -0.15) is 0 Å². The van der Waals surface area contributed by atoms with Crippen molar-refractivity contribution in [3.05, 3.63) is 21.0 Å². The van der Waals surface area contributed by atoms with Gasteiger partial charge >= 0.3 is 0 Å². The molecule has 3 nitrogen and oxygen atoms in total. The molecule has 0 atom stereocenters. The predicted molar refractivity (Wildman–Crippen MR) is 53.9 cm³/mol. The maximum atomic E-state index is 12.6. The second-order valence-corrected chi connectivity index (χ2v) is 3.52. The molecule has 0 fully saturated rings. The van der Waals surface area contributed by atoms with Crippen molar-refractivity contribution in [1.82, 2.24) is 4.98 Å². The number of halogens is 3. The van der Waals surface area contributed by atoms with E-state index in [0.29, 0.717) is 9.86 Å². The van der Waals surface area contributed by atoms with E-state index in [0.717, 1.165) is 0 Å². The highest BCUT2D eigenvalue weighted by molar-refractivity contribution is 14.1. The van der Waals surface area contributed by atoms with E-state index in [1.54, 1.807) is 0 Å². The molecule has 0 aliphatic heterocycles. The number of hydrogen-bond acceptors (Lipinski definition) is 3. The summed E-state index contributed by atoms with van der Waals surface area (Å²) in [5.41, 5.74) is -0.730. The van der Waals surface area contributed by atoms with Gasteiger partial charge in [0.2, 0.25) is 0 Å². The SMILES string of the molecule is COc1c(I)cnc(C=O)c1C(F)F. The summed E-state index contributed by atoms with van der Waals surface area (Å²) in [6.07, 6.45) is -1.16. The number of nitrogens with zero attached hydrogens (tertiary/aromatic N) is 1. The molecule has 0 N–H and O–H groups in total. The van der Waals surface area contributed by atoms with Gasteiger partial charge in [0.1, 0.15) is 11.4 Å². The largest absolute Gasteiger partial charge is 0.495 e. The van der Waals surface area contributed by atoms with Crippen LogP contribution in [0.3, 0.4) is 0 Å². The number of rotatable bonds is 3. The lowest BCUT2D eigenvalue weighted by molar-refractivity contribution is 0.109. The molecule has 1 rings (SSSR count). The van der Waals surface area contributed by atoms with Crippen LogP contribution in [-0.2, 0) is 0 Å². The summed E-state index contributed by atoms with van der Waals surface area (Å²) in [5.74, 6) is 0.0118. The van der Waals surface area contributed by atoms with E-state index in [2.05, 4.69) is 4.98 Å². The van der Waals surface area contributed by atoms with Crippen molar-refractivity contribution in [2.45, 2.75) is 6.43 Å². The molecule has 1 heterocycles. The van der Waals surface area contributed by atoms with E-state index in [1.807, 2.05) is 22.6 Å². The molecule has 0 aromatic carbocycles. The van der Waals surface area contributed by atoms with Crippen molar-refractivity contribution in [3.8, 4) is 5.75 Å². The van der Waals surface area contributed by atoms with Crippen LogP contribution in [0.5, 0.6) is 5.75 Å². The second-order valence-electron chi connectivity index (χ2n) is 2.36. The molecule has 0 saturated carbocycles. The smallest absolute Gasteiger partial charge is 0.269 e. The number of aromatic nitrogens is 1. The summed E-state index contributed by atoms with van der Waals surface area (Å²) in [6, 6.07) is 0. The topological polar surface area (TPSA) is 39.2 Å². The lowest BCUT2D eigenvalue weighted by atomic mass is 10.2. The zero-order chi connectivity index (χ0) is 10.7. The monoisotopic (exact) mass is 313 g/mol. The van der Waals surface area contributed by atoms with Crippen LogP contribution in [0.25, 0.3) is 0 Å². The third-order valence-electron chi connectivity index (χ3n) is 1.59. The standard InChI is InChI=1S/C8H6F2INO2/c1-14-7-4(11)2-12-5(3-13)6(7)8(9)10/h2-3,8H,1H3. The first-order valence-electron chi connectivity index (χ1n) is 3.57. The maximum absolute atomic E-state index is 12.6. The number of aldehydes is 1. The van der Waals surface area contributed by atoms with Crippen LogP contribution >= 0.6 is 22.6 Å². The average molecular weight is 313 g/mol. The number of carbonyl (C=O) groups is 1. The number of methoxy groups -OCH3 is 1. The van der Waals surface area contributed by atoms with Crippen molar-refractivity contribution in [3.63, 3.8) is 0 Å². The van der Waals surface area contributed by atoms with E-state index >= 15 is 0 Å². The van der Waals surface area contributed by atoms with Gasteiger partial charge < -0.3 is 4.74 Å². The minimum atomic E-state index is -2.77. The van der Waals surface area contributed by atoms with Gasteiger partial charge in [-0.3, -0.25) is 9.78 Å². The van der Waals surface area contributed by atoms with Crippen molar-refractivity contribution in [2.24, 2.45) is 0 Å². The van der Waals surface area contributed by atoms with E-state index in [9.17, 15) is 13.6 Å². The first kappa shape index (κ1) is 11.3. The molecule has 1 aromatic rings. The summed E-state index contributed by atoms with van der Waals surface area (Å²) in [6.45, 7) is 0. The lowest BCUT2D eigenvalue weighted by Gasteiger charge is -2.10. The summed E-state index contributed by atoms with van der Waals surface area (Å²) >= 11 is 1.82. The lowest BCUT2D eigenvalue weighted by Crippen LogP contribution is -2.03. The third-order valence-corrected chi connectivity index (χ3v) is 2.36. The number of ether oxygens (including phenoxy) is 1. The molecule has 0 aliphatic carbocycles. The Labute approximate surface area is 92.6 Å². The highest BCUT2D eigenvalue weighted by atomic mass is 127. The van der Waals surface area contributed by atoms with Crippen LogP contribution in [0.15, 0.2) is 6.20 Å². The quantitative estimate of drug-likeness (QED) is 0.635. The zero-order valence-electron chi connectivity index (χ0n) is 7.13. The number of hydrogen-bond donors (Lipinski definition) is 0. The molecule has 14 heavy (non-hydrogen) atoms. The molecule has 0 radical (unpaired) electrons. The van der Waals surface area contributed by atoms with E-state index in [1.165, 1.54) is 13.3 Å². The van der Waals surface area contributed by atoms with Gasteiger partial charge in [-0.15, -0.1) is 0 Å². The Kier molecular flexibility index (Phi) is 3.73. The highest BCUT2D eigenvalue weighted by Crippen LogP contribution is 2.33. The van der Waals surface area contributed by atoms with Crippen LogP contribution in [0, 0.1) is 3.57 Å². The van der Waals surface area contributed by atoms with Gasteiger partial charge in [-0.1, -0.05) is 0 Å². The number of carbonyl (C=O) groups excluding carboxylic acids is 1. The Morgan fingerprint density at radius 2 is 2.29 bits per heavy atom. The Hall–Kier alpha value is -0.790. The van der Waals surface area contributed by atoms with Gasteiger partial charge in [0.25, 0.3) is 6.43 Å². The molecule has 0 saturated heterocycles. The zero-order valence-corrected chi connectivity index (χ0v) is 9.29. The fraction of sp³-hybridized carbons (Fsp3) is 0.250. The van der Waals surface area contributed by atoms with Gasteiger partial charge in [0.15, 0.2) is 6.29 Å². The van der Waals surface area contributed by atoms with Crippen LogP contribution < -0.4 is 4.74 Å². The molecule has 6 heteroatoms. The molecule has 0 unspecified atom stereocenters. The van der Waals surface area contributed by atoms with E-state index in [4.69, 9.17) is 4.74 Å². The predicted octanol–water partition coefficient (Wildman–Crippen LogP) is 2.44. The van der Waals surface area contributed by atoms with Crippen LogP contribution in [0.4, 0.5) is 8.78 Å². The fourth-order valence-corrected chi connectivity index (χ4v) is 1.66. The Morgan fingerprint density at radius 1 is 1.64 bits per heavy atom. The van der Waals surface area contributed by atoms with Gasteiger partial charge in [0.05, 0.1) is 16.2 Å². The third kappa shape index (κ3) is 1.99. The van der Waals surface area contributed by atoms with Crippen molar-refractivity contribution in [1.29, 1.82) is 0 Å². The molecule has 0 amide bonds. The van der Waals surface area contributed by atoms with Crippen molar-refractivity contribution in [2.75, 3.05) is 7.11 Å². The summed E-state index contributed by atoms with van der Waals surface area (Å²) in [4.78, 5) is 14.0. The first-order chi connectivity index (χ1) is 6.61. The van der Waals surface area contributed by atoms with Gasteiger partial charge in [0, 0.05) is 6.20 Å². The molecule has 0 spiro atoms. The summed E-state index contributed by atoms with van der Waals surface area (Å²) in [7, 11) is 1.28. The Bertz CT molecular complexity index is 357. The van der Waals surface area contributed by atoms with Crippen LogP contribution in [-0.4, -0.2) is 18.4 Å². The Morgan fingerprint density at radius 3 is 2.71 bits per heavy atom. The maximum Gasteiger partial charge on any atom is 0.269 e. The molecular formula is C8H6F2INO2. The molecule has 76 valence electrons. The molecular weight excluding hydrogens is 307 g/mol. The number of pyridine rings is 1. The van der Waals surface area contributed by atoms with Gasteiger partial charge in [-0.25, -0.2) is 8.78 Å². The minimum Gasteiger partial charge on any atom is -0.495 e. The summed E-state index contributed by atoms with van der Waals surface area (Å²) in [5, 5.41) is 0. The molecule has 0 bridgehead atoms. The van der Waals surface area contributed by atoms with E-state index < -0.39 is 12.0 Å². The first-order valence-corrected chi connectivity index (χ1v) is 4.65. The van der Waals surface area contributed by atoms with Crippen molar-refractivity contribution >= 4 is 28.9 Å².